The second-order valence-corrected chi connectivity index (χ2v) is 19.9. The zero-order valence-corrected chi connectivity index (χ0v) is 44.2. The van der Waals surface area contributed by atoms with Crippen molar-refractivity contribution in [3.8, 4) is 11.1 Å². The summed E-state index contributed by atoms with van der Waals surface area (Å²) in [6.45, 7) is 2.90. The van der Waals surface area contributed by atoms with E-state index < -0.39 is 30.2 Å². The lowest BCUT2D eigenvalue weighted by molar-refractivity contribution is -0.142. The maximum absolute atomic E-state index is 13.2. The minimum absolute atomic E-state index is 0.0580. The van der Waals surface area contributed by atoms with E-state index in [1.54, 1.807) is 0 Å². The first-order valence-corrected chi connectivity index (χ1v) is 28.2. The number of nitrogens with one attached hydrogen (secondary N) is 5. The van der Waals surface area contributed by atoms with E-state index in [0.29, 0.717) is 71.2 Å². The fourth-order valence-electron chi connectivity index (χ4n) is 9.55. The average molecular weight is 1020 g/mol. The van der Waals surface area contributed by atoms with E-state index in [4.69, 9.17) is 21.9 Å². The SMILES string of the molecule is NCCCC[C@H](NC(=O)CCCCCCCCCCCNC(=O)[C@H](CCCCN)NC(=O)CCCCCCCCCCCNC(=O)[C@H](CCCCN)NC(=O)OCC1c2ccccc2-c2ccccc21)C(=O)O. The molecule has 73 heavy (non-hydrogen) atoms. The summed E-state index contributed by atoms with van der Waals surface area (Å²) in [5.74, 6) is -1.68. The molecule has 0 unspecified atom stereocenters. The van der Waals surface area contributed by atoms with Gasteiger partial charge >= 0.3 is 12.1 Å². The van der Waals surface area contributed by atoms with E-state index in [1.807, 2.05) is 24.3 Å². The number of carbonyl (C=O) groups is 6. The Hall–Kier alpha value is -5.06. The molecule has 0 saturated carbocycles. The van der Waals surface area contributed by atoms with Crippen molar-refractivity contribution in [2.45, 2.75) is 210 Å². The Kier molecular flexibility index (Phi) is 33.6. The highest BCUT2D eigenvalue weighted by Crippen LogP contribution is 2.44. The Bertz CT molecular complexity index is 1840. The molecule has 0 saturated heterocycles. The van der Waals surface area contributed by atoms with E-state index >= 15 is 0 Å². The Balaban J connectivity index is 1.18. The summed E-state index contributed by atoms with van der Waals surface area (Å²) in [6, 6.07) is 14.3. The van der Waals surface area contributed by atoms with Crippen LogP contribution in [-0.4, -0.2) is 98.3 Å². The minimum Gasteiger partial charge on any atom is -0.480 e. The highest BCUT2D eigenvalue weighted by atomic mass is 16.5. The van der Waals surface area contributed by atoms with Crippen molar-refractivity contribution in [3.63, 3.8) is 0 Å². The van der Waals surface area contributed by atoms with E-state index in [9.17, 15) is 33.9 Å². The smallest absolute Gasteiger partial charge is 0.407 e. The second kappa shape index (κ2) is 39.4. The predicted octanol–water partition coefficient (Wildman–Crippen LogP) is 8.37. The van der Waals surface area contributed by atoms with Crippen LogP contribution in [0.25, 0.3) is 11.1 Å². The summed E-state index contributed by atoms with van der Waals surface area (Å²) in [6.07, 6.45) is 24.2. The molecule has 0 heterocycles. The summed E-state index contributed by atoms with van der Waals surface area (Å²) in [5.41, 5.74) is 21.5. The molecule has 16 nitrogen and oxygen atoms in total. The molecule has 2 aromatic carbocycles. The molecule has 5 amide bonds. The number of ether oxygens (including phenoxy) is 1. The van der Waals surface area contributed by atoms with Crippen molar-refractivity contribution >= 4 is 35.7 Å². The van der Waals surface area contributed by atoms with Gasteiger partial charge in [-0.1, -0.05) is 138 Å². The number of carboxylic acids is 1. The number of unbranched alkanes of at least 4 members (excludes halogenated alkanes) is 19. The van der Waals surface area contributed by atoms with Gasteiger partial charge in [0.05, 0.1) is 0 Å². The molecule has 0 spiro atoms. The van der Waals surface area contributed by atoms with Crippen LogP contribution >= 0.6 is 0 Å². The van der Waals surface area contributed by atoms with Crippen LogP contribution in [0, 0.1) is 0 Å². The third-order valence-electron chi connectivity index (χ3n) is 13.8. The molecular formula is C57H94N8O8. The largest absolute Gasteiger partial charge is 0.480 e. The predicted molar refractivity (Wildman–Crippen MR) is 291 cm³/mol. The summed E-state index contributed by atoms with van der Waals surface area (Å²) in [7, 11) is 0. The van der Waals surface area contributed by atoms with Gasteiger partial charge in [-0.3, -0.25) is 19.2 Å². The van der Waals surface area contributed by atoms with Crippen molar-refractivity contribution < 1.29 is 38.6 Å². The van der Waals surface area contributed by atoms with Crippen LogP contribution in [0.1, 0.15) is 203 Å². The highest BCUT2D eigenvalue weighted by molar-refractivity contribution is 5.88. The Morgan fingerprint density at radius 2 is 0.808 bits per heavy atom. The molecule has 12 N–H and O–H groups in total. The molecule has 0 radical (unpaired) electrons. The number of carboxylic acid groups (broad SMARTS) is 1. The summed E-state index contributed by atoms with van der Waals surface area (Å²) in [5, 5.41) is 23.8. The number of benzene rings is 2. The second-order valence-electron chi connectivity index (χ2n) is 19.9. The fourth-order valence-corrected chi connectivity index (χ4v) is 9.55. The number of fused-ring (bicyclic) bond motifs is 3. The molecular weight excluding hydrogens is 925 g/mol. The van der Waals surface area contributed by atoms with Crippen molar-refractivity contribution in [3.05, 3.63) is 59.7 Å². The fraction of sp³-hybridized carbons (Fsp3) is 0.684. The zero-order valence-electron chi connectivity index (χ0n) is 44.2. The van der Waals surface area contributed by atoms with Crippen molar-refractivity contribution in [2.75, 3.05) is 39.3 Å². The summed E-state index contributed by atoms with van der Waals surface area (Å²) >= 11 is 0. The third-order valence-corrected chi connectivity index (χ3v) is 13.8. The number of rotatable bonds is 44. The normalized spacial score (nSPS) is 13.0. The van der Waals surface area contributed by atoms with Gasteiger partial charge in [0.15, 0.2) is 0 Å². The molecule has 1 aliphatic rings. The standard InChI is InChI=1S/C57H94N8O8/c58-38-24-21-33-49(54(68)61-41-27-13-9-5-2-4-8-12-16-37-53(67)64-51(56(70)71)35-23-26-40-60)63-52(66)36-15-11-7-3-1-6-10-14-28-42-62-55(69)50(34-22-25-39-59)65-57(72)73-43-48-46-31-19-17-29-44(46)45-30-18-20-32-47(45)48/h17-20,29-32,48-51H,1-16,21-28,33-43,58-60H2,(H,61,68)(H,62,69)(H,63,66)(H,64,67)(H,65,72)(H,70,71)/t49-,50-,51-/m0/s1. The number of nitrogens with two attached hydrogens (primary N) is 3. The molecule has 2 aromatic rings. The number of carbonyl (C=O) groups excluding carboxylic acids is 5. The van der Waals surface area contributed by atoms with Gasteiger partial charge in [0.25, 0.3) is 0 Å². The number of amides is 5. The lowest BCUT2D eigenvalue weighted by atomic mass is 9.98. The highest BCUT2D eigenvalue weighted by Gasteiger charge is 2.30. The first kappa shape index (κ1) is 62.2. The molecule has 16 heteroatoms. The number of alkyl carbamates (subject to hydrolysis) is 1. The van der Waals surface area contributed by atoms with Gasteiger partial charge in [-0.2, -0.15) is 0 Å². The number of hydrogen-bond donors (Lipinski definition) is 9. The number of aliphatic carboxylic acids is 1. The molecule has 3 atom stereocenters. The summed E-state index contributed by atoms with van der Waals surface area (Å²) < 4.78 is 5.73. The van der Waals surface area contributed by atoms with Crippen molar-refractivity contribution in [1.29, 1.82) is 0 Å². The topological polar surface area (TPSA) is 270 Å². The quantitative estimate of drug-likeness (QED) is 0.0285. The molecule has 0 aromatic heterocycles. The van der Waals surface area contributed by atoms with Crippen molar-refractivity contribution in [2.24, 2.45) is 17.2 Å². The zero-order chi connectivity index (χ0) is 52.7. The van der Waals surface area contributed by atoms with Gasteiger partial charge in [0.1, 0.15) is 24.7 Å². The van der Waals surface area contributed by atoms with Crippen LogP contribution < -0.4 is 43.8 Å². The molecule has 0 fully saturated rings. The van der Waals surface area contributed by atoms with E-state index in [2.05, 4.69) is 50.8 Å². The van der Waals surface area contributed by atoms with Crippen LogP contribution in [-0.2, 0) is 28.7 Å². The maximum atomic E-state index is 13.2. The van der Waals surface area contributed by atoms with Gasteiger partial charge in [-0.05, 0) is 125 Å². The molecule has 410 valence electrons. The van der Waals surface area contributed by atoms with Gasteiger partial charge in [0, 0.05) is 31.8 Å². The molecule has 0 aliphatic heterocycles. The van der Waals surface area contributed by atoms with E-state index in [-0.39, 0.29) is 36.2 Å². The molecule has 1 aliphatic carbocycles. The Morgan fingerprint density at radius 3 is 1.22 bits per heavy atom. The summed E-state index contributed by atoms with van der Waals surface area (Å²) in [4.78, 5) is 75.7. The number of hydrogen-bond acceptors (Lipinski definition) is 10. The monoisotopic (exact) mass is 1020 g/mol. The molecule has 3 rings (SSSR count). The van der Waals surface area contributed by atoms with Gasteiger partial charge in [0.2, 0.25) is 23.6 Å². The van der Waals surface area contributed by atoms with Gasteiger partial charge in [-0.15, -0.1) is 0 Å². The lowest BCUT2D eigenvalue weighted by Gasteiger charge is -2.20. The maximum Gasteiger partial charge on any atom is 0.407 e. The average Bonchev–Trinajstić information content (AvgIpc) is 3.70. The lowest BCUT2D eigenvalue weighted by Crippen LogP contribution is -2.47. The van der Waals surface area contributed by atoms with Crippen LogP contribution in [0.5, 0.6) is 0 Å². The van der Waals surface area contributed by atoms with Crippen LogP contribution in [0.4, 0.5) is 4.79 Å². The first-order valence-electron chi connectivity index (χ1n) is 28.2. The third kappa shape index (κ3) is 26.6. The molecule has 0 bridgehead atoms. The Labute approximate surface area is 437 Å². The van der Waals surface area contributed by atoms with E-state index in [1.165, 1.54) is 0 Å². The van der Waals surface area contributed by atoms with Crippen LogP contribution in [0.15, 0.2) is 48.5 Å². The minimum atomic E-state index is -1.00. The Morgan fingerprint density at radius 1 is 0.452 bits per heavy atom. The van der Waals surface area contributed by atoms with Crippen LogP contribution in [0.2, 0.25) is 0 Å². The van der Waals surface area contributed by atoms with Crippen LogP contribution in [0.3, 0.4) is 0 Å². The first-order chi connectivity index (χ1) is 35.6. The van der Waals surface area contributed by atoms with Gasteiger partial charge < -0.3 is 53.6 Å². The van der Waals surface area contributed by atoms with E-state index in [0.717, 1.165) is 170 Å². The van der Waals surface area contributed by atoms with Crippen molar-refractivity contribution in [1.82, 2.24) is 26.6 Å². The van der Waals surface area contributed by atoms with Gasteiger partial charge in [-0.25, -0.2) is 9.59 Å².